The van der Waals surface area contributed by atoms with Gasteiger partial charge in [-0.2, -0.15) is 5.48 Å². The van der Waals surface area contributed by atoms with Crippen LogP contribution in [-0.4, -0.2) is 35.4 Å². The van der Waals surface area contributed by atoms with Gasteiger partial charge in [-0.15, -0.1) is 0 Å². The molecule has 3 aliphatic heterocycles. The molecule has 112 valence electrons. The van der Waals surface area contributed by atoms with Crippen molar-refractivity contribution in [3.63, 3.8) is 0 Å². The highest BCUT2D eigenvalue weighted by atomic mass is 16.8. The highest BCUT2D eigenvalue weighted by Gasteiger charge is 2.82. The second kappa shape index (κ2) is 3.76. The Morgan fingerprint density at radius 1 is 1.05 bits per heavy atom. The monoisotopic (exact) mass is 281 g/mol. The van der Waals surface area contributed by atoms with E-state index in [1.807, 2.05) is 0 Å². The largest absolute Gasteiger partial charge is 0.363 e. The highest BCUT2D eigenvalue weighted by Crippen LogP contribution is 2.74. The second-order valence-electron chi connectivity index (χ2n) is 7.29. The van der Waals surface area contributed by atoms with E-state index in [0.717, 1.165) is 45.1 Å². The minimum absolute atomic E-state index is 0.0180. The standard InChI is InChI=1S/C15H23NO4/c17-15-9-10-3-1-4-11(18-15)13(10)6-2-8-16-20-12-5-7-14(13,15)19-12/h10-12,16-17H,1-9H2/t10-,11-,12+,13+,14+,15?/m0/s1. The van der Waals surface area contributed by atoms with Crippen molar-refractivity contribution in [1.82, 2.24) is 5.48 Å². The summed E-state index contributed by atoms with van der Waals surface area (Å²) >= 11 is 0. The normalized spacial score (nSPS) is 60.8. The zero-order chi connectivity index (χ0) is 13.4. The predicted octanol–water partition coefficient (Wildman–Crippen LogP) is 1.45. The molecule has 2 saturated carbocycles. The summed E-state index contributed by atoms with van der Waals surface area (Å²) < 4.78 is 12.5. The maximum Gasteiger partial charge on any atom is 0.196 e. The predicted molar refractivity (Wildman–Crippen MR) is 69.4 cm³/mol. The van der Waals surface area contributed by atoms with Crippen molar-refractivity contribution in [1.29, 1.82) is 0 Å². The number of ether oxygens (including phenoxy) is 2. The fourth-order valence-corrected chi connectivity index (χ4v) is 6.15. The molecule has 1 unspecified atom stereocenters. The molecule has 0 aromatic carbocycles. The Kier molecular flexibility index (Phi) is 2.32. The van der Waals surface area contributed by atoms with Gasteiger partial charge in [-0.05, 0) is 38.0 Å². The first kappa shape index (κ1) is 12.4. The summed E-state index contributed by atoms with van der Waals surface area (Å²) in [5.41, 5.74) is 2.52. The van der Waals surface area contributed by atoms with Gasteiger partial charge in [0.1, 0.15) is 5.60 Å². The molecule has 5 heteroatoms. The molecule has 4 bridgehead atoms. The van der Waals surface area contributed by atoms with Crippen LogP contribution in [0, 0.1) is 11.3 Å². The lowest BCUT2D eigenvalue weighted by Crippen LogP contribution is -2.55. The minimum Gasteiger partial charge on any atom is -0.363 e. The van der Waals surface area contributed by atoms with E-state index in [2.05, 4.69) is 5.48 Å². The van der Waals surface area contributed by atoms with E-state index in [0.29, 0.717) is 5.92 Å². The van der Waals surface area contributed by atoms with E-state index < -0.39 is 11.4 Å². The molecule has 2 N–H and O–H groups in total. The number of hydrogen-bond donors (Lipinski definition) is 2. The fourth-order valence-electron chi connectivity index (χ4n) is 6.15. The molecule has 0 aromatic heterocycles. The van der Waals surface area contributed by atoms with Crippen LogP contribution in [0.25, 0.3) is 0 Å². The van der Waals surface area contributed by atoms with Gasteiger partial charge in [0.15, 0.2) is 12.1 Å². The smallest absolute Gasteiger partial charge is 0.196 e. The first-order valence-electron chi connectivity index (χ1n) is 8.17. The summed E-state index contributed by atoms with van der Waals surface area (Å²) in [5, 5.41) is 11.2. The summed E-state index contributed by atoms with van der Waals surface area (Å²) in [5.74, 6) is -0.526. The first-order chi connectivity index (χ1) is 9.70. The van der Waals surface area contributed by atoms with Crippen LogP contribution < -0.4 is 5.48 Å². The molecular weight excluding hydrogens is 258 g/mol. The average molecular weight is 281 g/mol. The van der Waals surface area contributed by atoms with E-state index >= 15 is 0 Å². The molecule has 6 atom stereocenters. The molecule has 5 rings (SSSR count). The quantitative estimate of drug-likeness (QED) is 0.704. The van der Waals surface area contributed by atoms with Crippen molar-refractivity contribution in [2.75, 3.05) is 6.54 Å². The highest BCUT2D eigenvalue weighted by molar-refractivity contribution is 5.27. The SMILES string of the molecule is OC12C[C@@H]3CCC[C@H](O1)[C@@]31CCCNO[C@@H]3CC[C@]21O3. The maximum atomic E-state index is 11.2. The number of hydroxylamine groups is 1. The van der Waals surface area contributed by atoms with Gasteiger partial charge in [0.25, 0.3) is 0 Å². The van der Waals surface area contributed by atoms with Crippen molar-refractivity contribution in [2.24, 2.45) is 11.3 Å². The number of aliphatic hydroxyl groups is 1. The number of hydrogen-bond acceptors (Lipinski definition) is 5. The molecule has 5 aliphatic rings. The van der Waals surface area contributed by atoms with Crippen molar-refractivity contribution < 1.29 is 19.4 Å². The topological polar surface area (TPSA) is 60.0 Å². The summed E-state index contributed by atoms with van der Waals surface area (Å²) in [4.78, 5) is 5.61. The molecule has 5 nitrogen and oxygen atoms in total. The van der Waals surface area contributed by atoms with Gasteiger partial charge < -0.3 is 14.6 Å². The third kappa shape index (κ3) is 1.16. The minimum atomic E-state index is -1.08. The zero-order valence-corrected chi connectivity index (χ0v) is 11.8. The van der Waals surface area contributed by atoms with E-state index in [4.69, 9.17) is 14.3 Å². The Bertz CT molecular complexity index is 428. The lowest BCUT2D eigenvalue weighted by Gasteiger charge is -2.48. The van der Waals surface area contributed by atoms with Crippen LogP contribution in [0.3, 0.4) is 0 Å². The Morgan fingerprint density at radius 2 is 2.00 bits per heavy atom. The second-order valence-corrected chi connectivity index (χ2v) is 7.29. The molecule has 0 aromatic rings. The van der Waals surface area contributed by atoms with Crippen molar-refractivity contribution in [3.05, 3.63) is 0 Å². The molecule has 2 spiro atoms. The van der Waals surface area contributed by atoms with Gasteiger partial charge in [-0.1, -0.05) is 6.42 Å². The van der Waals surface area contributed by atoms with E-state index in [-0.39, 0.29) is 17.8 Å². The van der Waals surface area contributed by atoms with Crippen LogP contribution in [0.4, 0.5) is 0 Å². The van der Waals surface area contributed by atoms with Crippen LogP contribution in [0.2, 0.25) is 0 Å². The summed E-state index contributed by atoms with van der Waals surface area (Å²) in [7, 11) is 0. The summed E-state index contributed by atoms with van der Waals surface area (Å²) in [6.07, 6.45) is 8.05. The third-order valence-corrected chi connectivity index (χ3v) is 6.71. The van der Waals surface area contributed by atoms with Gasteiger partial charge in [-0.3, -0.25) is 4.84 Å². The Labute approximate surface area is 118 Å². The molecule has 20 heavy (non-hydrogen) atoms. The molecule has 0 amide bonds. The van der Waals surface area contributed by atoms with Crippen molar-refractivity contribution in [3.8, 4) is 0 Å². The Morgan fingerprint density at radius 3 is 2.90 bits per heavy atom. The average Bonchev–Trinajstić information content (AvgIpc) is 3.00. The molecular formula is C15H23NO4. The van der Waals surface area contributed by atoms with E-state index in [1.54, 1.807) is 0 Å². The Balaban J connectivity index is 1.68. The van der Waals surface area contributed by atoms with Gasteiger partial charge in [0, 0.05) is 24.8 Å². The number of rotatable bonds is 0. The van der Waals surface area contributed by atoms with Crippen molar-refractivity contribution >= 4 is 0 Å². The number of nitrogens with one attached hydrogen (secondary N) is 1. The van der Waals surface area contributed by atoms with Crippen molar-refractivity contribution in [2.45, 2.75) is 75.1 Å². The lowest BCUT2D eigenvalue weighted by atomic mass is 9.58. The van der Waals surface area contributed by atoms with Crippen LogP contribution >= 0.6 is 0 Å². The van der Waals surface area contributed by atoms with Crippen LogP contribution in [0.15, 0.2) is 0 Å². The van der Waals surface area contributed by atoms with Gasteiger partial charge in [0.05, 0.1) is 6.10 Å². The Hall–Kier alpha value is -0.200. The van der Waals surface area contributed by atoms with Crippen LogP contribution in [0.5, 0.6) is 0 Å². The summed E-state index contributed by atoms with van der Waals surface area (Å²) in [6.45, 7) is 0.857. The third-order valence-electron chi connectivity index (χ3n) is 6.71. The van der Waals surface area contributed by atoms with Crippen LogP contribution in [-0.2, 0) is 14.3 Å². The molecule has 0 radical (unpaired) electrons. The van der Waals surface area contributed by atoms with Gasteiger partial charge in [-0.25, -0.2) is 0 Å². The summed E-state index contributed by atoms with van der Waals surface area (Å²) in [6, 6.07) is 0. The molecule has 5 fully saturated rings. The first-order valence-corrected chi connectivity index (χ1v) is 8.17. The molecule has 2 aliphatic carbocycles. The fraction of sp³-hybridized carbons (Fsp3) is 1.00. The molecule has 3 heterocycles. The van der Waals surface area contributed by atoms with E-state index in [9.17, 15) is 5.11 Å². The maximum absolute atomic E-state index is 11.2. The van der Waals surface area contributed by atoms with Gasteiger partial charge in [0.2, 0.25) is 0 Å². The molecule has 3 saturated heterocycles. The zero-order valence-electron chi connectivity index (χ0n) is 11.8. The van der Waals surface area contributed by atoms with Gasteiger partial charge >= 0.3 is 0 Å². The van der Waals surface area contributed by atoms with E-state index in [1.165, 1.54) is 12.8 Å². The van der Waals surface area contributed by atoms with Crippen LogP contribution in [0.1, 0.15) is 51.4 Å². The lowest BCUT2D eigenvalue weighted by molar-refractivity contribution is -0.293. The number of fused-ring (bicyclic) bond motifs is 1.